The van der Waals surface area contributed by atoms with E-state index in [1.165, 1.54) is 31.2 Å². The van der Waals surface area contributed by atoms with Gasteiger partial charge in [-0.1, -0.05) is 12.1 Å². The highest BCUT2D eigenvalue weighted by atomic mass is 16.4. The Hall–Kier alpha value is -8.27. The topological polar surface area (TPSA) is 540 Å². The number of aliphatic carboxylic acids is 1. The summed E-state index contributed by atoms with van der Waals surface area (Å²) in [4.78, 5) is 162. The van der Waals surface area contributed by atoms with Crippen LogP contribution in [0.5, 0.6) is 5.75 Å². The molecule has 33 heteroatoms. The highest BCUT2D eigenvalue weighted by Gasteiger charge is 2.41. The lowest BCUT2D eigenvalue weighted by atomic mass is 10.0. The van der Waals surface area contributed by atoms with Gasteiger partial charge in [0.05, 0.1) is 50.5 Å². The van der Waals surface area contributed by atoms with Crippen LogP contribution in [-0.2, 0) is 64.0 Å². The minimum absolute atomic E-state index is 0.00885. The molecule has 2 heterocycles. The second-order valence-corrected chi connectivity index (χ2v) is 19.3. The number of aromatic hydroxyl groups is 1. The first-order valence-corrected chi connectivity index (χ1v) is 25.8. The lowest BCUT2D eigenvalue weighted by Gasteiger charge is -2.31. The van der Waals surface area contributed by atoms with Crippen molar-refractivity contribution in [1.29, 1.82) is 0 Å². The van der Waals surface area contributed by atoms with Crippen molar-refractivity contribution in [3.05, 3.63) is 29.8 Å². The van der Waals surface area contributed by atoms with Crippen molar-refractivity contribution in [3.63, 3.8) is 0 Å². The van der Waals surface area contributed by atoms with Gasteiger partial charge < -0.3 is 106 Å². The van der Waals surface area contributed by atoms with Crippen LogP contribution in [0.2, 0.25) is 0 Å². The van der Waals surface area contributed by atoms with E-state index in [9.17, 15) is 88.2 Å². The SMILES string of the molecule is C[C@@H](O)[C@H](NC(=O)CNC(=O)[C@H](CO)NC(=O)CNC(=O)[C@@H](NC(=O)[C@@H]1CCCN1)[C@@H](C)O)C(=O)N[C@@H](CC(N)=O)C(=O)N[C@H](C(=O)N[C@@H](CCCN=C(N)N)C(=O)N1CCC[C@H]1C(=O)N[C@@H](Cc1ccc(O)cc1)C(=O)O)[C@@H](C)O. The Morgan fingerprint density at radius 2 is 1.22 bits per heavy atom. The van der Waals surface area contributed by atoms with Crippen molar-refractivity contribution in [1.82, 2.24) is 58.1 Å². The fourth-order valence-electron chi connectivity index (χ4n) is 8.40. The number of carboxylic acids is 1. The van der Waals surface area contributed by atoms with E-state index in [0.717, 1.165) is 25.2 Å². The third-order valence-corrected chi connectivity index (χ3v) is 12.7. The van der Waals surface area contributed by atoms with Gasteiger partial charge in [-0.3, -0.25) is 57.7 Å². The second kappa shape index (κ2) is 32.7. The van der Waals surface area contributed by atoms with Crippen molar-refractivity contribution in [2.45, 2.75) is 145 Å². The fourth-order valence-corrected chi connectivity index (χ4v) is 8.40. The number of phenolic OH excluding ortho intramolecular Hbond substituents is 1. The van der Waals surface area contributed by atoms with Gasteiger partial charge in [0.25, 0.3) is 0 Å². The molecule has 0 unspecified atom stereocenters. The molecule has 12 atom stereocenters. The molecule has 0 aliphatic carbocycles. The predicted molar refractivity (Wildman–Crippen MR) is 281 cm³/mol. The zero-order valence-corrected chi connectivity index (χ0v) is 44.8. The Morgan fingerprint density at radius 3 is 1.77 bits per heavy atom. The molecule has 3 rings (SSSR count). The maximum absolute atomic E-state index is 14.2. The predicted octanol–water partition coefficient (Wildman–Crippen LogP) is -9.55. The normalized spacial score (nSPS) is 18.4. The summed E-state index contributed by atoms with van der Waals surface area (Å²) in [5.74, 6) is -13.2. The Morgan fingerprint density at radius 1 is 0.654 bits per heavy atom. The van der Waals surface area contributed by atoms with Crippen LogP contribution in [-0.4, -0.2) is 224 Å². The zero-order chi connectivity index (χ0) is 60.7. The number of hydrogen-bond acceptors (Lipinski definition) is 19. The molecule has 450 valence electrons. The van der Waals surface area contributed by atoms with Crippen LogP contribution in [0.1, 0.15) is 71.3 Å². The fraction of sp³-hybridized carbons (Fsp3) is 0.604. The van der Waals surface area contributed by atoms with Crippen LogP contribution < -0.4 is 70.4 Å². The number of primary amides is 1. The first kappa shape index (κ1) is 67.0. The number of carboxylic acid groups (broad SMARTS) is 1. The van der Waals surface area contributed by atoms with Crippen LogP contribution >= 0.6 is 0 Å². The molecule has 33 nitrogen and oxygen atoms in total. The minimum Gasteiger partial charge on any atom is -0.508 e. The summed E-state index contributed by atoms with van der Waals surface area (Å²) in [6.45, 7) is 1.14. The average Bonchev–Trinajstić information content (AvgIpc) is 4.14. The molecule has 2 aliphatic rings. The third-order valence-electron chi connectivity index (χ3n) is 12.7. The Balaban J connectivity index is 1.67. The van der Waals surface area contributed by atoms with Gasteiger partial charge in [0, 0.05) is 19.5 Å². The number of nitrogens with two attached hydrogens (primary N) is 3. The molecule has 81 heavy (non-hydrogen) atoms. The highest BCUT2D eigenvalue weighted by Crippen LogP contribution is 2.21. The summed E-state index contributed by atoms with van der Waals surface area (Å²) in [5, 5.41) is 83.7. The van der Waals surface area contributed by atoms with E-state index >= 15 is 0 Å². The summed E-state index contributed by atoms with van der Waals surface area (Å²) in [7, 11) is 0. The molecular weight excluding hydrogens is 1070 g/mol. The molecule has 0 aromatic heterocycles. The van der Waals surface area contributed by atoms with Gasteiger partial charge in [0.2, 0.25) is 65.0 Å². The average molecular weight is 1150 g/mol. The van der Waals surface area contributed by atoms with Crippen molar-refractivity contribution < 1.29 is 88.2 Å². The number of nitrogens with zero attached hydrogens (tertiary/aromatic N) is 2. The molecule has 0 bridgehead atoms. The van der Waals surface area contributed by atoms with Crippen molar-refractivity contribution >= 4 is 76.9 Å². The lowest BCUT2D eigenvalue weighted by molar-refractivity contribution is -0.145. The Labute approximate surface area is 464 Å². The van der Waals surface area contributed by atoms with E-state index < -0.39 is 170 Å². The summed E-state index contributed by atoms with van der Waals surface area (Å²) in [6.07, 6.45) is -4.52. The van der Waals surface area contributed by atoms with E-state index in [1.54, 1.807) is 0 Å². The first-order chi connectivity index (χ1) is 38.1. The molecule has 2 aliphatic heterocycles. The van der Waals surface area contributed by atoms with E-state index in [-0.39, 0.29) is 50.5 Å². The van der Waals surface area contributed by atoms with Crippen LogP contribution in [0.15, 0.2) is 29.3 Å². The number of aliphatic hydroxyl groups is 4. The second-order valence-electron chi connectivity index (χ2n) is 19.3. The molecule has 0 spiro atoms. The van der Waals surface area contributed by atoms with Crippen molar-refractivity contribution in [2.75, 3.05) is 39.3 Å². The van der Waals surface area contributed by atoms with Crippen molar-refractivity contribution in [3.8, 4) is 5.75 Å². The number of nitrogens with one attached hydrogen (secondary N) is 10. The zero-order valence-electron chi connectivity index (χ0n) is 44.8. The smallest absolute Gasteiger partial charge is 0.326 e. The largest absolute Gasteiger partial charge is 0.508 e. The molecule has 11 amide bonds. The first-order valence-electron chi connectivity index (χ1n) is 25.8. The van der Waals surface area contributed by atoms with Gasteiger partial charge in [-0.2, -0.15) is 0 Å². The summed E-state index contributed by atoms with van der Waals surface area (Å²) in [6, 6.07) is -8.08. The van der Waals surface area contributed by atoms with Gasteiger partial charge in [-0.25, -0.2) is 4.79 Å². The lowest BCUT2D eigenvalue weighted by Crippen LogP contribution is -2.62. The number of carbonyl (C=O) groups excluding carboxylic acids is 11. The minimum atomic E-state index is -1.96. The standard InChI is InChI=1S/C48H75N15O18/c1-22(65)36(61-40(73)27-7-4-14-52-27)43(76)55-19-34(70)56-31(21-64)39(72)54-20-35(71)60-37(23(2)66)44(77)58-29(18-33(49)69)41(74)62-38(24(3)67)45(78)57-28(8-5-15-53-48(50)51)46(79)63-16-6-9-32(63)42(75)59-30(47(80)81)17-25-10-12-26(68)13-11-25/h10-13,22-24,27-32,36-38,52,64-68H,4-9,14-21H2,1-3H3,(H2,49,69)(H,54,72)(H,55,76)(H,56,70)(H,57,78)(H,58,77)(H,59,75)(H,60,71)(H,61,73)(H,62,74)(H,80,81)(H4,50,51,53)/t22-,23-,24-,27+,28+,29+,30+,31+,32+,36+,37+,38+/m1/s1. The highest BCUT2D eigenvalue weighted by molar-refractivity contribution is 5.99. The van der Waals surface area contributed by atoms with Gasteiger partial charge in [0.15, 0.2) is 5.96 Å². The van der Waals surface area contributed by atoms with Gasteiger partial charge in [-0.15, -0.1) is 0 Å². The van der Waals surface area contributed by atoms with Crippen LogP contribution in [0.3, 0.4) is 0 Å². The van der Waals surface area contributed by atoms with Gasteiger partial charge in [0.1, 0.15) is 54.1 Å². The van der Waals surface area contributed by atoms with Crippen LogP contribution in [0.4, 0.5) is 0 Å². The quantitative estimate of drug-likeness (QED) is 0.0181. The number of hydrogen-bond donors (Lipinski definition) is 19. The Kier molecular flexibility index (Phi) is 27.1. The molecule has 2 fully saturated rings. The monoisotopic (exact) mass is 1150 g/mol. The molecule has 1 aromatic carbocycles. The molecule has 1 aromatic rings. The molecule has 2 saturated heterocycles. The van der Waals surface area contributed by atoms with Crippen LogP contribution in [0, 0.1) is 0 Å². The number of phenols is 1. The maximum Gasteiger partial charge on any atom is 0.326 e. The summed E-state index contributed by atoms with van der Waals surface area (Å²) < 4.78 is 0. The number of carbonyl (C=O) groups is 12. The van der Waals surface area contributed by atoms with Gasteiger partial charge >= 0.3 is 5.97 Å². The number of aliphatic hydroxyl groups excluding tert-OH is 4. The number of likely N-dealkylation sites (tertiary alicyclic amines) is 1. The molecule has 0 saturated carbocycles. The molecule has 22 N–H and O–H groups in total. The number of amides is 11. The summed E-state index contributed by atoms with van der Waals surface area (Å²) >= 11 is 0. The maximum atomic E-state index is 14.2. The van der Waals surface area contributed by atoms with E-state index in [2.05, 4.69) is 58.2 Å². The molecule has 0 radical (unpaired) electrons. The summed E-state index contributed by atoms with van der Waals surface area (Å²) in [5.41, 5.74) is 16.7. The van der Waals surface area contributed by atoms with E-state index in [1.807, 2.05) is 0 Å². The van der Waals surface area contributed by atoms with E-state index in [0.29, 0.717) is 24.9 Å². The number of guanidine groups is 1. The third kappa shape index (κ3) is 22.1. The van der Waals surface area contributed by atoms with E-state index in [4.69, 9.17) is 17.2 Å². The van der Waals surface area contributed by atoms with Crippen molar-refractivity contribution in [2.24, 2.45) is 22.2 Å². The van der Waals surface area contributed by atoms with Gasteiger partial charge in [-0.05, 0) is 83.5 Å². The number of benzene rings is 1. The Bertz CT molecular complexity index is 2430. The van der Waals surface area contributed by atoms with Crippen LogP contribution in [0.25, 0.3) is 0 Å². The number of aliphatic imine (C=N–C) groups is 1. The molecular formula is C48H75N15O18. The number of rotatable bonds is 32.